The van der Waals surface area contributed by atoms with Gasteiger partial charge < -0.3 is 15.0 Å². The lowest BCUT2D eigenvalue weighted by atomic mass is 9.96. The van der Waals surface area contributed by atoms with Crippen molar-refractivity contribution in [3.8, 4) is 5.75 Å². The van der Waals surface area contributed by atoms with Crippen LogP contribution in [-0.2, 0) is 58.9 Å². The van der Waals surface area contributed by atoms with Crippen LogP contribution in [0.1, 0.15) is 184 Å². The number of aromatic amines is 1. The molecule has 0 aliphatic carbocycles. The number of thiophene rings is 1. The monoisotopic (exact) mass is 2260 g/mol. The Hall–Kier alpha value is -11.6. The third-order valence-corrected chi connectivity index (χ3v) is 24.0. The van der Waals surface area contributed by atoms with Gasteiger partial charge in [-0.25, -0.2) is 38.7 Å². The van der Waals surface area contributed by atoms with E-state index in [0.29, 0.717) is 134 Å². The summed E-state index contributed by atoms with van der Waals surface area (Å²) in [5.74, 6) is 1.68. The topological polar surface area (TPSA) is 342 Å². The van der Waals surface area contributed by atoms with E-state index in [-0.39, 0.29) is 99.3 Å². The van der Waals surface area contributed by atoms with Gasteiger partial charge in [0.05, 0.1) is 93.0 Å². The summed E-state index contributed by atoms with van der Waals surface area (Å²) >= 11 is 20.7. The Labute approximate surface area is 878 Å². The summed E-state index contributed by atoms with van der Waals surface area (Å²) in [5, 5.41) is 25.0. The number of ether oxygens (including phenoxy) is 1. The van der Waals surface area contributed by atoms with Gasteiger partial charge in [0.15, 0.2) is 0 Å². The highest BCUT2D eigenvalue weighted by Crippen LogP contribution is 2.28. The van der Waals surface area contributed by atoms with Gasteiger partial charge in [0, 0.05) is 68.7 Å². The van der Waals surface area contributed by atoms with Gasteiger partial charge in [0.25, 0.3) is 38.9 Å². The summed E-state index contributed by atoms with van der Waals surface area (Å²) in [4.78, 5) is 139. The fourth-order valence-electron chi connectivity index (χ4n) is 14.7. The second-order valence-electron chi connectivity index (χ2n) is 44.9. The molecule has 2 N–H and O–H groups in total. The van der Waals surface area contributed by atoms with Crippen LogP contribution in [0.25, 0.3) is 75.6 Å². The minimum atomic E-state index is -0.445. The molecule has 16 aromatic rings. The standard InChI is InChI=1S/C21H24N2O3.C15H19BrN2O2.C14H17BrN2O.C13H15BrN2O.C12H14BrN3O.C12H14ClN3O.C11H14N2O2S.C10H15FN2/c1-21(2,3)14-23-19(24)17-7-5-6-8-18(17)22(20(23)25)13-15-9-11-16(26-4)12-10-15;1-5-17-12-7-6-10(16)8-11(12)13(19)18(14(17)20)9-15(2,3)4;1-9-16-12-6-5-10(15)7-11(12)13(18)17(9)8-14(2,3)4;1-13(2,3)7-16-8-15-11-5-4-9(14)6-10(11)12(16)17;2*1-12(2,3)7-16-11(17)9-6-8(13)4-5-10(9)14-15-16;1-11(2,3)6-13-9(14)8-7(4-5-16-8)12-10(13)15;1-10(2,3)7-12-9-6-4-5-8(11)13-9/h5-12H,13-14H2,1-4H3;6-8H,5,9H2,1-4H3;5-7H,8H2,1-4H3;4-6,8H,7H2,1-3H3;2*4-6H,7H2,1-3H3;4-5H,6H2,1-3H3,(H,12,15);4-6H,7H2,1-3H3,(H,12,13). The van der Waals surface area contributed by atoms with E-state index in [9.17, 15) is 52.3 Å². The first-order chi connectivity index (χ1) is 66.8. The van der Waals surface area contributed by atoms with Gasteiger partial charge in [0.2, 0.25) is 5.95 Å². The number of nitrogens with zero attached hydrogens (tertiary/aromatic N) is 16. The summed E-state index contributed by atoms with van der Waals surface area (Å²) in [7, 11) is 1.62. The Morgan fingerprint density at radius 3 is 1.35 bits per heavy atom. The number of H-pyrrole nitrogens is 1. The number of fused-ring (bicyclic) bond motifs is 7. The molecular weight excluding hydrogens is 2130 g/mol. The number of rotatable bonds is 13. The summed E-state index contributed by atoms with van der Waals surface area (Å²) in [5.41, 5.74) is 3.84. The molecule has 7 aromatic carbocycles. The van der Waals surface area contributed by atoms with Gasteiger partial charge in [-0.05, 0) is 202 Å². The number of aryl methyl sites for hydroxylation is 2. The third-order valence-electron chi connectivity index (χ3n) is 20.9. The van der Waals surface area contributed by atoms with Crippen molar-refractivity contribution in [1.29, 1.82) is 0 Å². The first kappa shape index (κ1) is 116. The minimum Gasteiger partial charge on any atom is -0.497 e. The van der Waals surface area contributed by atoms with E-state index in [4.69, 9.17) is 16.3 Å². The summed E-state index contributed by atoms with van der Waals surface area (Å²) in [6.07, 6.45) is 1.63. The van der Waals surface area contributed by atoms with Gasteiger partial charge in [-0.3, -0.25) is 65.5 Å². The molecule has 0 fully saturated rings. The molecule has 0 bridgehead atoms. The molecule has 0 saturated heterocycles. The van der Waals surface area contributed by atoms with Crippen LogP contribution in [0, 0.1) is 56.2 Å². The van der Waals surface area contributed by atoms with Gasteiger partial charge in [-0.1, -0.05) is 282 Å². The van der Waals surface area contributed by atoms with Gasteiger partial charge >= 0.3 is 17.1 Å². The number of nitrogens with one attached hydrogen (secondary N) is 2. The molecular formula is C108H132Br4ClFN18O11S. The third kappa shape index (κ3) is 33.7. The number of benzene rings is 7. The molecule has 29 nitrogen and oxygen atoms in total. The van der Waals surface area contributed by atoms with Crippen molar-refractivity contribution in [2.75, 3.05) is 19.0 Å². The molecule has 0 aliphatic heterocycles. The molecule has 0 spiro atoms. The average molecular weight is 2260 g/mol. The van der Waals surface area contributed by atoms with Crippen molar-refractivity contribution in [3.63, 3.8) is 0 Å². The lowest BCUT2D eigenvalue weighted by molar-refractivity contribution is 0.311. The number of methoxy groups -OCH3 is 1. The van der Waals surface area contributed by atoms with E-state index in [1.54, 1.807) is 92.4 Å². The van der Waals surface area contributed by atoms with Crippen LogP contribution in [0.2, 0.25) is 5.02 Å². The lowest BCUT2D eigenvalue weighted by Crippen LogP contribution is -2.42. The van der Waals surface area contributed by atoms with E-state index >= 15 is 0 Å². The Kier molecular flexibility index (Phi) is 38.8. The molecule has 16 rings (SSSR count). The van der Waals surface area contributed by atoms with Crippen LogP contribution in [-0.4, -0.2) is 95.5 Å². The quantitative estimate of drug-likeness (QED) is 0.101. The molecule has 0 saturated carbocycles. The van der Waals surface area contributed by atoms with Gasteiger partial charge in [0.1, 0.15) is 33.1 Å². The Morgan fingerprint density at radius 2 is 0.847 bits per heavy atom. The van der Waals surface area contributed by atoms with Crippen molar-refractivity contribution in [1.82, 2.24) is 81.9 Å². The molecule has 9 heterocycles. The number of halogens is 6. The Bertz CT molecular complexity index is 7700. The van der Waals surface area contributed by atoms with E-state index in [0.717, 1.165) is 52.6 Å². The molecule has 0 amide bonds. The van der Waals surface area contributed by atoms with Crippen molar-refractivity contribution < 1.29 is 9.13 Å². The van der Waals surface area contributed by atoms with Gasteiger partial charge in [-0.2, -0.15) is 4.39 Å². The minimum absolute atomic E-state index is 0.00179. The summed E-state index contributed by atoms with van der Waals surface area (Å²) in [6.45, 7) is 58.5. The number of pyridine rings is 1. The Morgan fingerprint density at radius 1 is 0.410 bits per heavy atom. The predicted molar refractivity (Wildman–Crippen MR) is 598 cm³/mol. The largest absolute Gasteiger partial charge is 0.497 e. The molecule has 0 radical (unpaired) electrons. The first-order valence-electron chi connectivity index (χ1n) is 47.0. The van der Waals surface area contributed by atoms with Gasteiger partial charge in [-0.15, -0.1) is 21.5 Å². The molecule has 144 heavy (non-hydrogen) atoms. The van der Waals surface area contributed by atoms with E-state index in [1.807, 2.05) is 199 Å². The zero-order valence-electron chi connectivity index (χ0n) is 87.1. The van der Waals surface area contributed by atoms with Crippen LogP contribution in [0.3, 0.4) is 0 Å². The van der Waals surface area contributed by atoms with Crippen LogP contribution in [0.15, 0.2) is 241 Å². The first-order valence-corrected chi connectivity index (χ1v) is 51.4. The van der Waals surface area contributed by atoms with E-state index < -0.39 is 5.95 Å². The molecule has 9 aromatic heterocycles. The average Bonchev–Trinajstić information content (AvgIpc) is 0.909. The number of hydrogen-bond donors (Lipinski definition) is 2. The highest BCUT2D eigenvalue weighted by molar-refractivity contribution is 9.11. The lowest BCUT2D eigenvalue weighted by Gasteiger charge is -2.21. The van der Waals surface area contributed by atoms with Crippen molar-refractivity contribution in [3.05, 3.63) is 320 Å². The molecule has 768 valence electrons. The van der Waals surface area contributed by atoms with E-state index in [2.05, 4.69) is 193 Å². The maximum atomic E-state index is 13.1. The second kappa shape index (κ2) is 48.1. The van der Waals surface area contributed by atoms with Crippen molar-refractivity contribution in [2.45, 2.75) is 239 Å². The maximum absolute atomic E-state index is 13.1. The highest BCUT2D eigenvalue weighted by Gasteiger charge is 2.25. The number of para-hydroxylation sites is 1. The highest BCUT2D eigenvalue weighted by atomic mass is 79.9. The molecule has 36 heteroatoms. The van der Waals surface area contributed by atoms with Crippen molar-refractivity contribution in [2.24, 2.45) is 43.3 Å². The van der Waals surface area contributed by atoms with Crippen LogP contribution < -0.4 is 66.0 Å². The zero-order valence-corrected chi connectivity index (χ0v) is 95.1. The Balaban J connectivity index is 0.000000185. The number of hydrogen-bond acceptors (Lipinski definition) is 20. The summed E-state index contributed by atoms with van der Waals surface area (Å²) < 4.78 is 35.5. The number of aromatic nitrogens is 17. The number of anilines is 1. The fourth-order valence-corrected chi connectivity index (χ4v) is 17.2. The summed E-state index contributed by atoms with van der Waals surface area (Å²) in [6, 6.07) is 48.4. The molecule has 0 atom stereocenters. The van der Waals surface area contributed by atoms with E-state index in [1.165, 1.54) is 40.5 Å². The van der Waals surface area contributed by atoms with Crippen LogP contribution in [0.5, 0.6) is 5.75 Å². The normalized spacial score (nSPS) is 11.9. The SMILES string of the molecule is CC(C)(C)CNc1cccc(F)n1.CC(C)(C)Cn1c(=O)[nH]c2ccsc2c1=O.CC(C)(C)Cn1cnc2ccc(Br)cc2c1=O.CC(C)(C)Cn1nnc2ccc(Br)cc2c1=O.CC(C)(C)Cn1nnc2ccc(Cl)cc2c1=O.CCn1c(=O)n(CC(C)(C)C)c(=O)c2cc(Br)ccc21.COc1ccc(Cn2c(=O)n(CC(C)(C)C)c(=O)c3ccccc32)cc1.Cc1nc2ccc(Br)cc2c(=O)n1CC(C)(C)C. The van der Waals surface area contributed by atoms with Crippen LogP contribution >= 0.6 is 86.7 Å². The second-order valence-corrected chi connectivity index (χ2v) is 49.9. The molecule has 0 unspecified atom stereocenters. The fraction of sp³-hybridized carbons (Fsp3) is 0.417. The smallest absolute Gasteiger partial charge is 0.331 e. The molecule has 0 aliphatic rings. The van der Waals surface area contributed by atoms with Crippen molar-refractivity contribution >= 4 is 168 Å². The van der Waals surface area contributed by atoms with Crippen LogP contribution in [0.4, 0.5) is 10.2 Å². The predicted octanol–water partition coefficient (Wildman–Crippen LogP) is 22.5. The zero-order chi connectivity index (χ0) is 107. The maximum Gasteiger partial charge on any atom is 0.331 e.